The van der Waals surface area contributed by atoms with E-state index in [9.17, 15) is 4.79 Å². The first-order chi connectivity index (χ1) is 8.72. The summed E-state index contributed by atoms with van der Waals surface area (Å²) in [5.41, 5.74) is 6.94. The van der Waals surface area contributed by atoms with Crippen LogP contribution in [0.5, 0.6) is 0 Å². The Balaban J connectivity index is 1.98. The zero-order chi connectivity index (χ0) is 13.0. The number of amides is 1. The number of hydrogen-bond acceptors (Lipinski definition) is 3. The summed E-state index contributed by atoms with van der Waals surface area (Å²) in [6, 6.07) is 1.52. The zero-order valence-corrected chi connectivity index (χ0v) is 10.5. The number of aromatic amines is 1. The second-order valence-electron chi connectivity index (χ2n) is 4.77. The summed E-state index contributed by atoms with van der Waals surface area (Å²) in [6.07, 6.45) is 6.07. The highest BCUT2D eigenvalue weighted by molar-refractivity contribution is 5.82. The average molecular weight is 248 g/mol. The molecule has 18 heavy (non-hydrogen) atoms. The number of nitrogens with one attached hydrogen (secondary N) is 1. The number of likely N-dealkylation sites (tertiary alicyclic amines) is 1. The smallest absolute Gasteiger partial charge is 0.239 e. The van der Waals surface area contributed by atoms with E-state index >= 15 is 0 Å². The number of piperidine rings is 1. The van der Waals surface area contributed by atoms with Crippen molar-refractivity contribution in [2.75, 3.05) is 13.1 Å². The van der Waals surface area contributed by atoms with Crippen molar-refractivity contribution < 1.29 is 4.79 Å². The zero-order valence-electron chi connectivity index (χ0n) is 10.5. The Kier molecular flexibility index (Phi) is 4.15. The van der Waals surface area contributed by atoms with Crippen LogP contribution in [0.4, 0.5) is 0 Å². The number of nitrogens with two attached hydrogens (primary N) is 1. The molecule has 98 valence electrons. The molecule has 2 heterocycles. The first kappa shape index (κ1) is 12.8. The van der Waals surface area contributed by atoms with Crippen molar-refractivity contribution in [2.24, 2.45) is 5.73 Å². The number of aromatic nitrogens is 2. The fraction of sp³-hybridized carbons (Fsp3) is 0.538. The Labute approximate surface area is 107 Å². The molecular formula is C13H20N4O. The number of rotatable bonds is 4. The van der Waals surface area contributed by atoms with Crippen molar-refractivity contribution in [2.45, 2.75) is 31.2 Å². The van der Waals surface area contributed by atoms with Gasteiger partial charge in [0.05, 0.1) is 6.04 Å². The molecule has 2 atom stereocenters. The molecule has 1 fully saturated rings. The van der Waals surface area contributed by atoms with Gasteiger partial charge in [0.25, 0.3) is 0 Å². The van der Waals surface area contributed by atoms with Crippen LogP contribution in [-0.2, 0) is 4.79 Å². The molecule has 0 radical (unpaired) electrons. The highest BCUT2D eigenvalue weighted by Gasteiger charge is 2.27. The summed E-state index contributed by atoms with van der Waals surface area (Å²) in [6.45, 7) is 5.15. The Morgan fingerprint density at radius 2 is 2.61 bits per heavy atom. The van der Waals surface area contributed by atoms with Gasteiger partial charge >= 0.3 is 0 Å². The number of carbonyl (C=O) groups is 1. The third-order valence-electron chi connectivity index (χ3n) is 3.43. The molecule has 1 aliphatic heterocycles. The first-order valence-electron chi connectivity index (χ1n) is 6.37. The van der Waals surface area contributed by atoms with Gasteiger partial charge in [0.2, 0.25) is 5.91 Å². The van der Waals surface area contributed by atoms with Crippen LogP contribution in [0.15, 0.2) is 24.9 Å². The van der Waals surface area contributed by atoms with Crippen LogP contribution in [0, 0.1) is 0 Å². The van der Waals surface area contributed by atoms with Gasteiger partial charge in [-0.1, -0.05) is 6.08 Å². The third kappa shape index (κ3) is 2.79. The minimum atomic E-state index is -0.456. The lowest BCUT2D eigenvalue weighted by atomic mass is 9.94. The summed E-state index contributed by atoms with van der Waals surface area (Å²) in [5.74, 6) is 0.375. The number of nitrogens with zero attached hydrogens (tertiary/aromatic N) is 2. The molecule has 0 spiro atoms. The molecule has 1 aromatic rings. The SMILES string of the molecule is C=CCC(N)C(=O)N1CCCC(c2ccn[nH]2)C1. The molecule has 1 saturated heterocycles. The van der Waals surface area contributed by atoms with E-state index in [2.05, 4.69) is 16.8 Å². The lowest BCUT2D eigenvalue weighted by molar-refractivity contribution is -0.133. The maximum absolute atomic E-state index is 12.1. The highest BCUT2D eigenvalue weighted by atomic mass is 16.2. The number of hydrogen-bond donors (Lipinski definition) is 2. The molecule has 0 aromatic carbocycles. The van der Waals surface area contributed by atoms with Gasteiger partial charge in [0.1, 0.15) is 0 Å². The maximum atomic E-state index is 12.1. The predicted octanol–water partition coefficient (Wildman–Crippen LogP) is 1.02. The van der Waals surface area contributed by atoms with Crippen LogP contribution in [0.3, 0.4) is 0 Å². The van der Waals surface area contributed by atoms with Gasteiger partial charge in [0.15, 0.2) is 0 Å². The largest absolute Gasteiger partial charge is 0.341 e. The topological polar surface area (TPSA) is 75.0 Å². The van der Waals surface area contributed by atoms with Crippen molar-refractivity contribution >= 4 is 5.91 Å². The van der Waals surface area contributed by atoms with E-state index in [-0.39, 0.29) is 5.91 Å². The van der Waals surface area contributed by atoms with Crippen molar-refractivity contribution in [3.8, 4) is 0 Å². The van der Waals surface area contributed by atoms with Gasteiger partial charge in [-0.2, -0.15) is 5.10 Å². The molecule has 5 heteroatoms. The Morgan fingerprint density at radius 3 is 3.28 bits per heavy atom. The molecule has 0 bridgehead atoms. The fourth-order valence-electron chi connectivity index (χ4n) is 2.44. The molecule has 1 aliphatic rings. The van der Waals surface area contributed by atoms with Crippen LogP contribution in [0.2, 0.25) is 0 Å². The van der Waals surface area contributed by atoms with Crippen LogP contribution in [0.1, 0.15) is 30.9 Å². The van der Waals surface area contributed by atoms with Crippen LogP contribution in [0.25, 0.3) is 0 Å². The van der Waals surface area contributed by atoms with E-state index in [1.54, 1.807) is 12.3 Å². The van der Waals surface area contributed by atoms with E-state index in [4.69, 9.17) is 5.73 Å². The molecule has 3 N–H and O–H groups in total. The Bertz CT molecular complexity index is 401. The number of carbonyl (C=O) groups excluding carboxylic acids is 1. The quantitative estimate of drug-likeness (QED) is 0.781. The van der Waals surface area contributed by atoms with Crippen molar-refractivity contribution in [1.82, 2.24) is 15.1 Å². The van der Waals surface area contributed by atoms with Gasteiger partial charge in [-0.25, -0.2) is 0 Å². The van der Waals surface area contributed by atoms with Gasteiger partial charge < -0.3 is 10.6 Å². The lowest BCUT2D eigenvalue weighted by Crippen LogP contribution is -2.47. The molecule has 2 unspecified atom stereocenters. The minimum Gasteiger partial charge on any atom is -0.341 e. The normalized spacial score (nSPS) is 21.6. The molecule has 5 nitrogen and oxygen atoms in total. The molecule has 0 aliphatic carbocycles. The molecule has 2 rings (SSSR count). The summed E-state index contributed by atoms with van der Waals surface area (Å²) in [7, 11) is 0. The fourth-order valence-corrected chi connectivity index (χ4v) is 2.44. The molecule has 0 saturated carbocycles. The van der Waals surface area contributed by atoms with Gasteiger partial charge in [0, 0.05) is 30.9 Å². The van der Waals surface area contributed by atoms with Gasteiger partial charge in [-0.05, 0) is 25.3 Å². The van der Waals surface area contributed by atoms with Crippen molar-refractivity contribution in [3.63, 3.8) is 0 Å². The van der Waals surface area contributed by atoms with Crippen molar-refractivity contribution in [1.29, 1.82) is 0 Å². The number of H-pyrrole nitrogens is 1. The van der Waals surface area contributed by atoms with Gasteiger partial charge in [-0.3, -0.25) is 9.89 Å². The molecular weight excluding hydrogens is 228 g/mol. The standard InChI is InChI=1S/C13H20N4O/c1-2-4-11(14)13(18)17-8-3-5-10(9-17)12-6-7-15-16-12/h2,6-7,10-11H,1,3-5,8-9,14H2,(H,15,16). The first-order valence-corrected chi connectivity index (χ1v) is 6.37. The average Bonchev–Trinajstić information content (AvgIpc) is 2.92. The van der Waals surface area contributed by atoms with Crippen LogP contribution < -0.4 is 5.73 Å². The molecule has 1 aromatic heterocycles. The monoisotopic (exact) mass is 248 g/mol. The van der Waals surface area contributed by atoms with E-state index in [1.807, 2.05) is 11.0 Å². The van der Waals surface area contributed by atoms with E-state index in [0.29, 0.717) is 12.3 Å². The summed E-state index contributed by atoms with van der Waals surface area (Å²) >= 11 is 0. The Hall–Kier alpha value is -1.62. The van der Waals surface area contributed by atoms with E-state index in [0.717, 1.165) is 31.6 Å². The van der Waals surface area contributed by atoms with Crippen LogP contribution in [-0.4, -0.2) is 40.1 Å². The van der Waals surface area contributed by atoms with E-state index < -0.39 is 6.04 Å². The third-order valence-corrected chi connectivity index (χ3v) is 3.43. The second-order valence-corrected chi connectivity index (χ2v) is 4.77. The summed E-state index contributed by atoms with van der Waals surface area (Å²) in [4.78, 5) is 14.0. The van der Waals surface area contributed by atoms with Crippen molar-refractivity contribution in [3.05, 3.63) is 30.6 Å². The van der Waals surface area contributed by atoms with E-state index in [1.165, 1.54) is 0 Å². The molecule has 1 amide bonds. The van der Waals surface area contributed by atoms with Crippen LogP contribution >= 0.6 is 0 Å². The maximum Gasteiger partial charge on any atom is 0.239 e. The highest BCUT2D eigenvalue weighted by Crippen LogP contribution is 2.25. The Morgan fingerprint density at radius 1 is 1.78 bits per heavy atom. The lowest BCUT2D eigenvalue weighted by Gasteiger charge is -2.33. The summed E-state index contributed by atoms with van der Waals surface area (Å²) in [5, 5.41) is 6.95. The predicted molar refractivity (Wildman–Crippen MR) is 69.9 cm³/mol. The summed E-state index contributed by atoms with van der Waals surface area (Å²) < 4.78 is 0. The van der Waals surface area contributed by atoms with Gasteiger partial charge in [-0.15, -0.1) is 6.58 Å². The second kappa shape index (κ2) is 5.82. The minimum absolute atomic E-state index is 0.0270.